The van der Waals surface area contributed by atoms with E-state index in [0.717, 1.165) is 23.5 Å². The number of carbonyl (C=O) groups is 2. The smallest absolute Gasteiger partial charge is 0.343 e. The van der Waals surface area contributed by atoms with Gasteiger partial charge in [0.25, 0.3) is 0 Å². The first-order valence-corrected chi connectivity index (χ1v) is 7.78. The highest BCUT2D eigenvalue weighted by molar-refractivity contribution is 8.25. The van der Waals surface area contributed by atoms with Gasteiger partial charge >= 0.3 is 11.9 Å². The van der Waals surface area contributed by atoms with E-state index in [1.54, 1.807) is 6.92 Å². The van der Waals surface area contributed by atoms with Crippen molar-refractivity contribution >= 4 is 35.5 Å². The molecular formula is C12H18O5S2. The van der Waals surface area contributed by atoms with Crippen LogP contribution in [0.1, 0.15) is 33.6 Å². The first kappa shape index (κ1) is 16.6. The summed E-state index contributed by atoms with van der Waals surface area (Å²) < 4.78 is 5.29. The van der Waals surface area contributed by atoms with Crippen molar-refractivity contribution in [2.24, 2.45) is 5.92 Å². The lowest BCUT2D eigenvalue weighted by atomic mass is 10.1. The van der Waals surface area contributed by atoms with Crippen LogP contribution in [0.3, 0.4) is 0 Å². The molecule has 1 saturated heterocycles. The Morgan fingerprint density at radius 2 is 1.79 bits per heavy atom. The van der Waals surface area contributed by atoms with Gasteiger partial charge in [0.1, 0.15) is 10.9 Å². The first-order chi connectivity index (χ1) is 8.85. The lowest BCUT2D eigenvalue weighted by Gasteiger charge is -2.08. The van der Waals surface area contributed by atoms with Crippen molar-refractivity contribution < 1.29 is 24.5 Å². The average molecular weight is 306 g/mol. The topological polar surface area (TPSA) is 83.8 Å². The van der Waals surface area contributed by atoms with Gasteiger partial charge in [0, 0.05) is 6.42 Å². The molecule has 108 valence electrons. The summed E-state index contributed by atoms with van der Waals surface area (Å²) in [5.41, 5.74) is -1.59. The predicted octanol–water partition coefficient (Wildman–Crippen LogP) is 1.84. The molecule has 1 fully saturated rings. The van der Waals surface area contributed by atoms with Crippen LogP contribution in [-0.4, -0.2) is 33.0 Å². The van der Waals surface area contributed by atoms with Crippen molar-refractivity contribution in [3.63, 3.8) is 0 Å². The molecule has 0 saturated carbocycles. The van der Waals surface area contributed by atoms with E-state index in [2.05, 4.69) is 0 Å². The monoisotopic (exact) mass is 306 g/mol. The van der Waals surface area contributed by atoms with Gasteiger partial charge in [0.05, 0.1) is 9.81 Å². The Morgan fingerprint density at radius 1 is 1.26 bits per heavy atom. The minimum Gasteiger partial charge on any atom is -0.390 e. The maximum absolute atomic E-state index is 11.9. The molecule has 1 rings (SSSR count). The highest BCUT2D eigenvalue weighted by atomic mass is 32.2. The van der Waals surface area contributed by atoms with Crippen molar-refractivity contribution in [2.45, 2.75) is 44.5 Å². The third-order valence-corrected chi connectivity index (χ3v) is 5.00. The molecule has 1 aliphatic heterocycles. The summed E-state index contributed by atoms with van der Waals surface area (Å²) in [6.45, 7) is 5.48. The zero-order valence-electron chi connectivity index (χ0n) is 11.1. The molecule has 0 aromatic carbocycles. The number of aliphatic hydroxyl groups is 2. The van der Waals surface area contributed by atoms with Crippen LogP contribution in [0.2, 0.25) is 0 Å². The van der Waals surface area contributed by atoms with Gasteiger partial charge in [-0.15, -0.1) is 0 Å². The average Bonchev–Trinajstić information content (AvgIpc) is 2.58. The molecule has 0 aliphatic carbocycles. The van der Waals surface area contributed by atoms with E-state index in [0.29, 0.717) is 16.2 Å². The number of hydrogen-bond donors (Lipinski definition) is 2. The molecule has 7 heteroatoms. The summed E-state index contributed by atoms with van der Waals surface area (Å²) in [4.78, 5) is 23.3. The molecule has 0 bridgehead atoms. The lowest BCUT2D eigenvalue weighted by Crippen LogP contribution is -2.16. The normalized spacial score (nSPS) is 22.7. The molecule has 2 unspecified atom stereocenters. The molecule has 0 amide bonds. The molecular weight excluding hydrogens is 288 g/mol. The minimum absolute atomic E-state index is 0.122. The van der Waals surface area contributed by atoms with Gasteiger partial charge in [-0.25, -0.2) is 4.79 Å². The molecule has 2 atom stereocenters. The Kier molecular flexibility index (Phi) is 6.38. The van der Waals surface area contributed by atoms with Gasteiger partial charge in [-0.05, 0) is 12.3 Å². The van der Waals surface area contributed by atoms with Crippen LogP contribution < -0.4 is 0 Å². The van der Waals surface area contributed by atoms with Crippen LogP contribution in [0.15, 0.2) is 9.81 Å². The maximum Gasteiger partial charge on any atom is 0.343 e. The molecule has 2 N–H and O–H groups in total. The summed E-state index contributed by atoms with van der Waals surface area (Å²) in [5, 5.41) is 18.9. The zero-order chi connectivity index (χ0) is 14.6. The van der Waals surface area contributed by atoms with Crippen molar-refractivity contribution in [1.29, 1.82) is 0 Å². The molecule has 1 heterocycles. The molecule has 1 aliphatic rings. The standard InChI is InChI=1S/C12H18O5S2/c1-4-7(12-18-10(15)11(16)19-12)9(14)17-8(13)5-6(2)3/h6,10-11,15-16H,4-5H2,1-3H3. The van der Waals surface area contributed by atoms with E-state index >= 15 is 0 Å². The van der Waals surface area contributed by atoms with Crippen LogP contribution >= 0.6 is 23.5 Å². The van der Waals surface area contributed by atoms with Crippen LogP contribution in [0.5, 0.6) is 0 Å². The Bertz CT molecular complexity index is 380. The van der Waals surface area contributed by atoms with E-state index in [4.69, 9.17) is 4.74 Å². The fourth-order valence-corrected chi connectivity index (χ4v) is 3.98. The molecule has 0 radical (unpaired) electrons. The highest BCUT2D eigenvalue weighted by Gasteiger charge is 2.33. The quantitative estimate of drug-likeness (QED) is 0.466. The van der Waals surface area contributed by atoms with Crippen LogP contribution in [-0.2, 0) is 14.3 Å². The fraction of sp³-hybridized carbons (Fsp3) is 0.667. The van der Waals surface area contributed by atoms with Crippen LogP contribution in [0.4, 0.5) is 0 Å². The van der Waals surface area contributed by atoms with Gasteiger partial charge in [-0.3, -0.25) is 4.79 Å². The van der Waals surface area contributed by atoms with Crippen LogP contribution in [0, 0.1) is 5.92 Å². The van der Waals surface area contributed by atoms with Crippen molar-refractivity contribution in [3.8, 4) is 0 Å². The van der Waals surface area contributed by atoms with Crippen molar-refractivity contribution in [1.82, 2.24) is 0 Å². The second kappa shape index (κ2) is 7.33. The largest absolute Gasteiger partial charge is 0.390 e. The SMILES string of the molecule is CCC(C(=O)OC(=O)CC(C)C)=C1SC(O)C(O)S1. The Balaban J connectivity index is 2.73. The Morgan fingerprint density at radius 3 is 2.21 bits per heavy atom. The summed E-state index contributed by atoms with van der Waals surface area (Å²) >= 11 is 2.02. The molecule has 19 heavy (non-hydrogen) atoms. The summed E-state index contributed by atoms with van der Waals surface area (Å²) in [5.74, 6) is -1.12. The second-order valence-corrected chi connectivity index (χ2v) is 7.01. The van der Waals surface area contributed by atoms with Crippen LogP contribution in [0.25, 0.3) is 0 Å². The molecule has 5 nitrogen and oxygen atoms in total. The third kappa shape index (κ3) is 4.83. The van der Waals surface area contributed by atoms with Crippen molar-refractivity contribution in [3.05, 3.63) is 9.81 Å². The fourth-order valence-electron chi connectivity index (χ4n) is 1.42. The number of rotatable bonds is 4. The summed E-state index contributed by atoms with van der Waals surface area (Å²) in [6.07, 6.45) is 0.562. The summed E-state index contributed by atoms with van der Waals surface area (Å²) in [6, 6.07) is 0. The van der Waals surface area contributed by atoms with E-state index in [1.807, 2.05) is 13.8 Å². The van der Waals surface area contributed by atoms with Gasteiger partial charge in [-0.2, -0.15) is 0 Å². The predicted molar refractivity (Wildman–Crippen MR) is 75.1 cm³/mol. The number of ether oxygens (including phenoxy) is 1. The first-order valence-electron chi connectivity index (χ1n) is 6.02. The number of thioether (sulfide) groups is 2. The molecule has 0 aromatic rings. The van der Waals surface area contributed by atoms with Gasteiger partial charge < -0.3 is 14.9 Å². The maximum atomic E-state index is 11.9. The second-order valence-electron chi connectivity index (χ2n) is 4.50. The van der Waals surface area contributed by atoms with Gasteiger partial charge in [0.2, 0.25) is 0 Å². The van der Waals surface area contributed by atoms with E-state index in [1.165, 1.54) is 0 Å². The number of hydrogen-bond acceptors (Lipinski definition) is 7. The number of aliphatic hydroxyl groups excluding tert-OH is 2. The van der Waals surface area contributed by atoms with E-state index in [9.17, 15) is 19.8 Å². The Hall–Kier alpha value is -0.500. The molecule has 0 spiro atoms. The van der Waals surface area contributed by atoms with Gasteiger partial charge in [-0.1, -0.05) is 44.3 Å². The lowest BCUT2D eigenvalue weighted by molar-refractivity contribution is -0.157. The van der Waals surface area contributed by atoms with Crippen molar-refractivity contribution in [2.75, 3.05) is 0 Å². The third-order valence-electron chi connectivity index (χ3n) is 2.33. The Labute approximate surface area is 120 Å². The number of esters is 2. The number of carbonyl (C=O) groups excluding carboxylic acids is 2. The van der Waals surface area contributed by atoms with E-state index < -0.39 is 22.8 Å². The zero-order valence-corrected chi connectivity index (χ0v) is 12.7. The minimum atomic E-state index is -0.958. The molecule has 0 aromatic heterocycles. The van der Waals surface area contributed by atoms with E-state index in [-0.39, 0.29) is 12.3 Å². The highest BCUT2D eigenvalue weighted by Crippen LogP contribution is 2.47. The summed E-state index contributed by atoms with van der Waals surface area (Å²) in [7, 11) is 0. The van der Waals surface area contributed by atoms with Gasteiger partial charge in [0.15, 0.2) is 0 Å².